The van der Waals surface area contributed by atoms with Crippen molar-refractivity contribution in [2.24, 2.45) is 5.92 Å². The van der Waals surface area contributed by atoms with Crippen LogP contribution in [0.25, 0.3) is 0 Å². The fourth-order valence-electron chi connectivity index (χ4n) is 2.43. The molecule has 1 aromatic carbocycles. The average Bonchev–Trinajstić information content (AvgIpc) is 2.83. The van der Waals surface area contributed by atoms with Crippen LogP contribution in [-0.4, -0.2) is 24.4 Å². The Morgan fingerprint density at radius 2 is 2.15 bits per heavy atom. The fraction of sp³-hybridized carbons (Fsp3) is 0.533. The molecule has 2 N–H and O–H groups in total. The number of fused-ring (bicyclic) bond motifs is 1. The van der Waals surface area contributed by atoms with Crippen LogP contribution >= 0.6 is 0 Å². The molecule has 0 unspecified atom stereocenters. The van der Waals surface area contributed by atoms with Crippen LogP contribution < -0.4 is 14.8 Å². The number of nitrogens with one attached hydrogen (secondary N) is 1. The van der Waals surface area contributed by atoms with Crippen LogP contribution in [0, 0.1) is 5.92 Å². The van der Waals surface area contributed by atoms with Gasteiger partial charge in [-0.05, 0) is 37.0 Å². The van der Waals surface area contributed by atoms with E-state index in [0.717, 1.165) is 24.8 Å². The van der Waals surface area contributed by atoms with Gasteiger partial charge in [-0.15, -0.1) is 0 Å². The monoisotopic (exact) mass is 277 g/mol. The van der Waals surface area contributed by atoms with E-state index in [-0.39, 0.29) is 18.6 Å². The highest BCUT2D eigenvalue weighted by Gasteiger charge is 2.25. The van der Waals surface area contributed by atoms with E-state index in [9.17, 15) is 9.90 Å². The second-order valence-electron chi connectivity index (χ2n) is 5.34. The topological polar surface area (TPSA) is 67.8 Å². The summed E-state index contributed by atoms with van der Waals surface area (Å²) in [5.41, 5.74) is 0.784. The smallest absolute Gasteiger partial charge is 0.231 e. The molecule has 5 heteroatoms. The number of hydrogen-bond donors (Lipinski definition) is 2. The second kappa shape index (κ2) is 5.71. The lowest BCUT2D eigenvalue weighted by molar-refractivity contribution is -0.127. The summed E-state index contributed by atoms with van der Waals surface area (Å²) in [6.07, 6.45) is 3.04. The Labute approximate surface area is 117 Å². The Morgan fingerprint density at radius 3 is 2.90 bits per heavy atom. The number of amides is 1. The molecule has 1 fully saturated rings. The van der Waals surface area contributed by atoms with Crippen LogP contribution in [0.1, 0.15) is 37.4 Å². The molecule has 0 spiro atoms. The Kier molecular flexibility index (Phi) is 3.78. The summed E-state index contributed by atoms with van der Waals surface area (Å²) in [6.45, 7) is 0.720. The zero-order chi connectivity index (χ0) is 13.9. The lowest BCUT2D eigenvalue weighted by atomic mass is 9.85. The van der Waals surface area contributed by atoms with Crippen molar-refractivity contribution >= 4 is 5.91 Å². The summed E-state index contributed by atoms with van der Waals surface area (Å²) in [6, 6.07) is 5.42. The van der Waals surface area contributed by atoms with Crippen LogP contribution in [0.2, 0.25) is 0 Å². The van der Waals surface area contributed by atoms with E-state index >= 15 is 0 Å². The zero-order valence-electron chi connectivity index (χ0n) is 11.3. The Balaban J connectivity index is 1.48. The van der Waals surface area contributed by atoms with Crippen LogP contribution in [0.15, 0.2) is 18.2 Å². The predicted octanol–water partition coefficient (Wildman–Crippen LogP) is 1.76. The van der Waals surface area contributed by atoms with Gasteiger partial charge in [0.1, 0.15) is 0 Å². The molecule has 1 aliphatic heterocycles. The highest BCUT2D eigenvalue weighted by atomic mass is 16.7. The molecular formula is C15H19NO4. The largest absolute Gasteiger partial charge is 0.454 e. The van der Waals surface area contributed by atoms with Crippen molar-refractivity contribution < 1.29 is 19.4 Å². The van der Waals surface area contributed by atoms with E-state index in [1.54, 1.807) is 12.1 Å². The van der Waals surface area contributed by atoms with Gasteiger partial charge in [-0.3, -0.25) is 4.79 Å². The van der Waals surface area contributed by atoms with Gasteiger partial charge >= 0.3 is 0 Å². The summed E-state index contributed by atoms with van der Waals surface area (Å²) in [7, 11) is 0. The van der Waals surface area contributed by atoms with Crippen molar-refractivity contribution in [3.8, 4) is 11.5 Å². The summed E-state index contributed by atoms with van der Waals surface area (Å²) in [5, 5.41) is 13.0. The van der Waals surface area contributed by atoms with Crippen LogP contribution in [0.4, 0.5) is 0 Å². The summed E-state index contributed by atoms with van der Waals surface area (Å²) in [4.78, 5) is 11.7. The molecule has 0 bridgehead atoms. The number of carbonyl (C=O) groups is 1. The molecule has 5 nitrogen and oxygen atoms in total. The normalized spacial score (nSPS) is 18.4. The van der Waals surface area contributed by atoms with Gasteiger partial charge in [0.15, 0.2) is 11.5 Å². The number of ether oxygens (including phenoxy) is 2. The van der Waals surface area contributed by atoms with Crippen molar-refractivity contribution in [3.63, 3.8) is 0 Å². The minimum atomic E-state index is -0.605. The van der Waals surface area contributed by atoms with Crippen molar-refractivity contribution in [1.29, 1.82) is 0 Å². The Hall–Kier alpha value is -1.75. The first-order chi connectivity index (χ1) is 9.74. The van der Waals surface area contributed by atoms with Gasteiger partial charge in [0.2, 0.25) is 12.7 Å². The standard InChI is InChI=1S/C15H19NO4/c17-12(6-7-16-15(18)10-2-1-3-10)11-4-5-13-14(8-11)20-9-19-13/h4-5,8,10,12,17H,1-3,6-7,9H2,(H,16,18)/t12-/m0/s1. The fourth-order valence-corrected chi connectivity index (χ4v) is 2.43. The maximum atomic E-state index is 11.7. The average molecular weight is 277 g/mol. The molecule has 108 valence electrons. The minimum Gasteiger partial charge on any atom is -0.454 e. The lowest BCUT2D eigenvalue weighted by Crippen LogP contribution is -2.35. The van der Waals surface area contributed by atoms with E-state index < -0.39 is 6.10 Å². The highest BCUT2D eigenvalue weighted by Crippen LogP contribution is 2.34. The maximum absolute atomic E-state index is 11.7. The molecule has 0 radical (unpaired) electrons. The van der Waals surface area contributed by atoms with E-state index in [1.807, 2.05) is 6.07 Å². The first-order valence-electron chi connectivity index (χ1n) is 7.09. The van der Waals surface area contributed by atoms with Gasteiger partial charge < -0.3 is 19.9 Å². The molecule has 20 heavy (non-hydrogen) atoms. The number of rotatable bonds is 5. The van der Waals surface area contributed by atoms with Gasteiger partial charge in [0, 0.05) is 12.5 Å². The molecule has 0 aromatic heterocycles. The Bertz CT molecular complexity index is 499. The third kappa shape index (κ3) is 2.72. The summed E-state index contributed by atoms with van der Waals surface area (Å²) >= 11 is 0. The molecule has 1 aromatic rings. The SMILES string of the molecule is O=C(NCC[C@H](O)c1ccc2c(c1)OCO2)C1CCC1. The number of aliphatic hydroxyl groups is 1. The lowest BCUT2D eigenvalue weighted by Gasteiger charge is -2.24. The predicted molar refractivity (Wildman–Crippen MR) is 72.5 cm³/mol. The number of benzene rings is 1. The summed E-state index contributed by atoms with van der Waals surface area (Å²) < 4.78 is 10.5. The van der Waals surface area contributed by atoms with Gasteiger partial charge in [-0.1, -0.05) is 12.5 Å². The molecule has 1 heterocycles. The van der Waals surface area contributed by atoms with E-state index in [0.29, 0.717) is 24.5 Å². The second-order valence-corrected chi connectivity index (χ2v) is 5.34. The van der Waals surface area contributed by atoms with Crippen molar-refractivity contribution in [2.45, 2.75) is 31.8 Å². The quantitative estimate of drug-likeness (QED) is 0.860. The minimum absolute atomic E-state index is 0.120. The van der Waals surface area contributed by atoms with E-state index in [4.69, 9.17) is 9.47 Å². The van der Waals surface area contributed by atoms with E-state index in [2.05, 4.69) is 5.32 Å². The van der Waals surface area contributed by atoms with Gasteiger partial charge in [-0.25, -0.2) is 0 Å². The molecule has 0 saturated heterocycles. The van der Waals surface area contributed by atoms with Gasteiger partial charge in [0.25, 0.3) is 0 Å². The molecule has 1 saturated carbocycles. The first-order valence-corrected chi connectivity index (χ1v) is 7.09. The van der Waals surface area contributed by atoms with Crippen LogP contribution in [0.5, 0.6) is 11.5 Å². The number of hydrogen-bond acceptors (Lipinski definition) is 4. The molecule has 1 aliphatic carbocycles. The Morgan fingerprint density at radius 1 is 1.35 bits per heavy atom. The zero-order valence-corrected chi connectivity index (χ0v) is 11.3. The molecule has 3 rings (SSSR count). The summed E-state index contributed by atoms with van der Waals surface area (Å²) in [5.74, 6) is 1.69. The van der Waals surface area contributed by atoms with Crippen molar-refractivity contribution in [1.82, 2.24) is 5.32 Å². The molecule has 2 aliphatic rings. The maximum Gasteiger partial charge on any atom is 0.231 e. The third-order valence-electron chi connectivity index (χ3n) is 3.97. The van der Waals surface area contributed by atoms with Crippen LogP contribution in [0.3, 0.4) is 0 Å². The third-order valence-corrected chi connectivity index (χ3v) is 3.97. The first kappa shape index (κ1) is 13.2. The molecule has 1 atom stereocenters. The number of carbonyl (C=O) groups excluding carboxylic acids is 1. The molecular weight excluding hydrogens is 258 g/mol. The number of aliphatic hydroxyl groups excluding tert-OH is 1. The molecule has 1 amide bonds. The highest BCUT2D eigenvalue weighted by molar-refractivity contribution is 5.79. The van der Waals surface area contributed by atoms with Crippen molar-refractivity contribution in [3.05, 3.63) is 23.8 Å². The van der Waals surface area contributed by atoms with Crippen molar-refractivity contribution in [2.75, 3.05) is 13.3 Å². The van der Waals surface area contributed by atoms with Gasteiger partial charge in [-0.2, -0.15) is 0 Å². The van der Waals surface area contributed by atoms with Gasteiger partial charge in [0.05, 0.1) is 6.10 Å². The van der Waals surface area contributed by atoms with E-state index in [1.165, 1.54) is 0 Å². The van der Waals surface area contributed by atoms with Crippen LogP contribution in [-0.2, 0) is 4.79 Å².